The third-order valence-corrected chi connectivity index (χ3v) is 7.50. The number of hydrogen-bond donors (Lipinski definition) is 1. The first-order valence-electron chi connectivity index (χ1n) is 12.5. The van der Waals surface area contributed by atoms with Crippen LogP contribution >= 0.6 is 0 Å². The molecule has 3 fully saturated rings. The third kappa shape index (κ3) is 4.79. The molecule has 0 amide bonds. The highest BCUT2D eigenvalue weighted by Gasteiger charge is 2.45. The second-order valence-electron chi connectivity index (χ2n) is 11.0. The average molecular weight is 453 g/mol. The Balaban J connectivity index is 1.18. The molecule has 0 atom stereocenters. The van der Waals surface area contributed by atoms with Gasteiger partial charge in [-0.1, -0.05) is 12.1 Å². The number of carbonyl (C=O) groups excluding carboxylic acids is 1. The Kier molecular flexibility index (Phi) is 5.93. The van der Waals surface area contributed by atoms with Crippen molar-refractivity contribution in [3.8, 4) is 0 Å². The third-order valence-electron chi connectivity index (χ3n) is 7.50. The lowest BCUT2D eigenvalue weighted by Crippen LogP contribution is -2.37. The number of nitrogens with zero attached hydrogens (tertiary/aromatic N) is 3. The molecule has 3 saturated carbocycles. The van der Waals surface area contributed by atoms with Crippen molar-refractivity contribution in [2.45, 2.75) is 89.7 Å². The van der Waals surface area contributed by atoms with Gasteiger partial charge in [0.05, 0.1) is 6.42 Å². The van der Waals surface area contributed by atoms with Crippen LogP contribution in [-0.4, -0.2) is 34.8 Å². The largest absolute Gasteiger partial charge is 0.460 e. The van der Waals surface area contributed by atoms with E-state index in [9.17, 15) is 4.79 Å². The fourth-order valence-electron chi connectivity index (χ4n) is 5.70. The molecule has 1 aromatic heterocycles. The average Bonchev–Trinajstić information content (AvgIpc) is 3.44. The first-order chi connectivity index (χ1) is 15.8. The molecule has 2 aromatic rings. The summed E-state index contributed by atoms with van der Waals surface area (Å²) in [5, 5.41) is 7.74. The first kappa shape index (κ1) is 22.4. The lowest BCUT2D eigenvalue weighted by Gasteiger charge is -2.43. The molecule has 3 aliphatic carbocycles. The van der Waals surface area contributed by atoms with E-state index in [1.54, 1.807) is 0 Å². The number of aromatic nitrogens is 2. The van der Waals surface area contributed by atoms with E-state index in [-0.39, 0.29) is 11.4 Å². The molecule has 7 heteroatoms. The summed E-state index contributed by atoms with van der Waals surface area (Å²) in [5.74, 6) is 2.31. The van der Waals surface area contributed by atoms with Crippen LogP contribution in [0.2, 0.25) is 0 Å². The lowest BCUT2D eigenvalue weighted by atomic mass is 9.61. The van der Waals surface area contributed by atoms with Crippen LogP contribution in [0, 0.1) is 5.92 Å². The molecule has 33 heavy (non-hydrogen) atoms. The molecular weight excluding hydrogens is 416 g/mol. The Morgan fingerprint density at radius 1 is 1.24 bits per heavy atom. The number of carbonyl (C=O) groups is 1. The van der Waals surface area contributed by atoms with Gasteiger partial charge < -0.3 is 19.5 Å². The highest BCUT2D eigenvalue weighted by atomic mass is 16.6. The van der Waals surface area contributed by atoms with Crippen molar-refractivity contribution in [1.82, 2.24) is 15.5 Å². The van der Waals surface area contributed by atoms with E-state index in [2.05, 4.69) is 33.6 Å². The fraction of sp³-hybridized carbons (Fsp3) is 0.654. The van der Waals surface area contributed by atoms with Crippen molar-refractivity contribution in [3.63, 3.8) is 0 Å². The standard InChI is InChI=1S/C26H36N4O3/c1-25(2,3)32-22(31)9-14-27-17-19-4-5-21-20(16-19)10-15-30(21)24-28-23(33-29-24)26-11-6-18(7-12-26)8-13-26/h4-5,16,18,27H,6-15,17H2,1-3H3. The van der Waals surface area contributed by atoms with Crippen LogP contribution < -0.4 is 10.2 Å². The second kappa shape index (κ2) is 8.75. The molecule has 7 nitrogen and oxygen atoms in total. The highest BCUT2D eigenvalue weighted by Crippen LogP contribution is 2.51. The monoisotopic (exact) mass is 452 g/mol. The molecule has 2 heterocycles. The zero-order chi connectivity index (χ0) is 23.1. The van der Waals surface area contributed by atoms with Gasteiger partial charge in [-0.25, -0.2) is 0 Å². The summed E-state index contributed by atoms with van der Waals surface area (Å²) in [4.78, 5) is 18.9. The summed E-state index contributed by atoms with van der Waals surface area (Å²) >= 11 is 0. The maximum absolute atomic E-state index is 11.9. The minimum atomic E-state index is -0.433. The molecule has 6 rings (SSSR count). The van der Waals surface area contributed by atoms with Gasteiger partial charge in [0.25, 0.3) is 5.95 Å². The topological polar surface area (TPSA) is 80.5 Å². The van der Waals surface area contributed by atoms with Crippen molar-refractivity contribution in [1.29, 1.82) is 0 Å². The summed E-state index contributed by atoms with van der Waals surface area (Å²) < 4.78 is 11.2. The number of nitrogens with one attached hydrogen (secondary N) is 1. The second-order valence-corrected chi connectivity index (χ2v) is 11.0. The van der Waals surface area contributed by atoms with Crippen LogP contribution in [0.1, 0.15) is 82.7 Å². The van der Waals surface area contributed by atoms with Gasteiger partial charge in [0.2, 0.25) is 5.89 Å². The van der Waals surface area contributed by atoms with Crippen LogP contribution in [0.15, 0.2) is 22.7 Å². The van der Waals surface area contributed by atoms with Crippen LogP contribution in [0.5, 0.6) is 0 Å². The van der Waals surface area contributed by atoms with Gasteiger partial charge in [0, 0.05) is 30.7 Å². The molecule has 0 spiro atoms. The van der Waals surface area contributed by atoms with Gasteiger partial charge >= 0.3 is 5.97 Å². The molecule has 4 aliphatic rings. The highest BCUT2D eigenvalue weighted by molar-refractivity contribution is 5.70. The predicted octanol–water partition coefficient (Wildman–Crippen LogP) is 4.81. The normalized spacial score (nSPS) is 24.2. The van der Waals surface area contributed by atoms with E-state index in [1.165, 1.54) is 55.3 Å². The summed E-state index contributed by atoms with van der Waals surface area (Å²) in [6.45, 7) is 7.88. The molecule has 0 radical (unpaired) electrons. The van der Waals surface area contributed by atoms with E-state index >= 15 is 0 Å². The molecule has 1 N–H and O–H groups in total. The van der Waals surface area contributed by atoms with Crippen molar-refractivity contribution in [3.05, 3.63) is 35.2 Å². The number of rotatable bonds is 7. The van der Waals surface area contributed by atoms with Crippen LogP contribution in [-0.2, 0) is 27.9 Å². The van der Waals surface area contributed by atoms with Crippen molar-refractivity contribution < 1.29 is 14.1 Å². The molecular formula is C26H36N4O3. The summed E-state index contributed by atoms with van der Waals surface area (Å²) in [7, 11) is 0. The smallest absolute Gasteiger partial charge is 0.307 e. The summed E-state index contributed by atoms with van der Waals surface area (Å²) in [6.07, 6.45) is 8.84. The minimum absolute atomic E-state index is 0.122. The van der Waals surface area contributed by atoms with E-state index in [0.717, 1.165) is 31.3 Å². The van der Waals surface area contributed by atoms with Gasteiger partial charge in [0.15, 0.2) is 0 Å². The summed E-state index contributed by atoms with van der Waals surface area (Å²) in [6, 6.07) is 6.55. The molecule has 0 unspecified atom stereocenters. The van der Waals surface area contributed by atoms with Gasteiger partial charge in [-0.15, -0.1) is 0 Å². The van der Waals surface area contributed by atoms with Crippen LogP contribution in [0.4, 0.5) is 11.6 Å². The molecule has 1 aromatic carbocycles. The predicted molar refractivity (Wildman–Crippen MR) is 126 cm³/mol. The quantitative estimate of drug-likeness (QED) is 0.477. The Labute approximate surface area is 196 Å². The van der Waals surface area contributed by atoms with E-state index in [0.29, 0.717) is 18.9 Å². The number of esters is 1. The molecule has 1 aliphatic heterocycles. The van der Waals surface area contributed by atoms with Gasteiger partial charge in [-0.3, -0.25) is 4.79 Å². The van der Waals surface area contributed by atoms with Crippen molar-refractivity contribution in [2.24, 2.45) is 5.92 Å². The minimum Gasteiger partial charge on any atom is -0.460 e. The first-order valence-corrected chi connectivity index (χ1v) is 12.5. The lowest BCUT2D eigenvalue weighted by molar-refractivity contribution is -0.154. The maximum Gasteiger partial charge on any atom is 0.307 e. The van der Waals surface area contributed by atoms with Gasteiger partial charge in [-0.2, -0.15) is 4.98 Å². The Morgan fingerprint density at radius 3 is 2.73 bits per heavy atom. The van der Waals surface area contributed by atoms with Crippen molar-refractivity contribution in [2.75, 3.05) is 18.0 Å². The van der Waals surface area contributed by atoms with Crippen LogP contribution in [0.25, 0.3) is 0 Å². The zero-order valence-corrected chi connectivity index (χ0v) is 20.2. The molecule has 0 saturated heterocycles. The Morgan fingerprint density at radius 2 is 2.00 bits per heavy atom. The van der Waals surface area contributed by atoms with Crippen LogP contribution in [0.3, 0.4) is 0 Å². The van der Waals surface area contributed by atoms with Gasteiger partial charge in [-0.05, 0) is 94.0 Å². The van der Waals surface area contributed by atoms with E-state index < -0.39 is 5.60 Å². The number of anilines is 2. The molecule has 178 valence electrons. The Bertz CT molecular complexity index is 987. The fourth-order valence-corrected chi connectivity index (χ4v) is 5.70. The zero-order valence-electron chi connectivity index (χ0n) is 20.2. The number of hydrogen-bond acceptors (Lipinski definition) is 7. The van der Waals surface area contributed by atoms with Gasteiger partial charge in [0.1, 0.15) is 5.60 Å². The number of benzene rings is 1. The maximum atomic E-state index is 11.9. The number of fused-ring (bicyclic) bond motifs is 4. The summed E-state index contributed by atoms with van der Waals surface area (Å²) in [5.41, 5.74) is 3.38. The van der Waals surface area contributed by atoms with Crippen molar-refractivity contribution >= 4 is 17.6 Å². The van der Waals surface area contributed by atoms with E-state index in [4.69, 9.17) is 14.2 Å². The van der Waals surface area contributed by atoms with E-state index in [1.807, 2.05) is 20.8 Å². The number of ether oxygens (including phenoxy) is 1. The molecule has 2 bridgehead atoms. The SMILES string of the molecule is CC(C)(C)OC(=O)CCNCc1ccc2c(c1)CCN2c1noc(C23CCC(CC2)CC3)n1. The Hall–Kier alpha value is -2.41.